The van der Waals surface area contributed by atoms with Crippen LogP contribution in [0.15, 0.2) is 34.2 Å². The molecule has 2 fully saturated rings. The first kappa shape index (κ1) is 18.9. The van der Waals surface area contributed by atoms with Gasteiger partial charge in [0.15, 0.2) is 11.0 Å². The van der Waals surface area contributed by atoms with E-state index in [1.165, 1.54) is 18.5 Å². The number of hydrogen-bond donors (Lipinski definition) is 0. The summed E-state index contributed by atoms with van der Waals surface area (Å²) >= 11 is 0. The predicted molar refractivity (Wildman–Crippen MR) is 111 cm³/mol. The van der Waals surface area contributed by atoms with Crippen molar-refractivity contribution in [3.05, 3.63) is 29.8 Å². The standard InChI is InChI=1S/C21H32N4OS/c1-16(2)18-4-6-20(7-5-18)27(26)25-9-8-22-21(25)24-12-10-23(11-13-24)15-19-14-17(19)3/h4-7,16-17,19H,8-15H2,1-3H3. The normalized spacial score (nSPS) is 27.2. The van der Waals surface area contributed by atoms with Crippen molar-refractivity contribution in [2.45, 2.75) is 38.0 Å². The van der Waals surface area contributed by atoms with Gasteiger partial charge in [0, 0.05) is 32.7 Å². The van der Waals surface area contributed by atoms with Gasteiger partial charge in [-0.05, 0) is 41.9 Å². The smallest absolute Gasteiger partial charge is 0.209 e. The third-order valence-electron chi connectivity index (χ3n) is 6.15. The molecular weight excluding hydrogens is 356 g/mol. The molecule has 148 valence electrons. The maximum Gasteiger partial charge on any atom is 0.209 e. The van der Waals surface area contributed by atoms with Crippen molar-refractivity contribution in [2.24, 2.45) is 16.8 Å². The van der Waals surface area contributed by atoms with Crippen molar-refractivity contribution < 1.29 is 4.21 Å². The fourth-order valence-electron chi connectivity index (χ4n) is 4.05. The molecule has 1 aromatic carbocycles. The summed E-state index contributed by atoms with van der Waals surface area (Å²) in [6, 6.07) is 8.22. The Morgan fingerprint density at radius 2 is 1.78 bits per heavy atom. The van der Waals surface area contributed by atoms with Crippen LogP contribution in [0, 0.1) is 11.8 Å². The average molecular weight is 389 g/mol. The molecule has 1 aromatic rings. The molecule has 1 saturated heterocycles. The molecule has 0 aromatic heterocycles. The summed E-state index contributed by atoms with van der Waals surface area (Å²) < 4.78 is 15.1. The first-order chi connectivity index (χ1) is 13.0. The lowest BCUT2D eigenvalue weighted by Gasteiger charge is -2.37. The highest BCUT2D eigenvalue weighted by Gasteiger charge is 2.36. The topological polar surface area (TPSA) is 39.2 Å². The second-order valence-corrected chi connectivity index (χ2v) is 9.93. The second kappa shape index (κ2) is 7.92. The van der Waals surface area contributed by atoms with E-state index in [4.69, 9.17) is 4.99 Å². The lowest BCUT2D eigenvalue weighted by molar-refractivity contribution is 0.169. The first-order valence-corrected chi connectivity index (χ1v) is 11.4. The molecule has 0 bridgehead atoms. The summed E-state index contributed by atoms with van der Waals surface area (Å²) in [6.45, 7) is 13.6. The number of aliphatic imine (C=N–C) groups is 1. The third-order valence-corrected chi connectivity index (χ3v) is 7.57. The molecule has 3 aliphatic rings. The summed E-state index contributed by atoms with van der Waals surface area (Å²) in [7, 11) is -1.18. The molecule has 3 unspecified atom stereocenters. The highest BCUT2D eigenvalue weighted by atomic mass is 32.2. The van der Waals surface area contributed by atoms with E-state index in [0.29, 0.717) is 5.92 Å². The molecule has 2 heterocycles. The lowest BCUT2D eigenvalue weighted by atomic mass is 10.0. The predicted octanol–water partition coefficient (Wildman–Crippen LogP) is 2.78. The number of hydrogen-bond acceptors (Lipinski definition) is 4. The molecule has 2 aliphatic heterocycles. The van der Waals surface area contributed by atoms with Gasteiger partial charge in [-0.15, -0.1) is 0 Å². The number of piperazine rings is 1. The van der Waals surface area contributed by atoms with Gasteiger partial charge in [0.1, 0.15) is 0 Å². The van der Waals surface area contributed by atoms with Crippen LogP contribution in [0.4, 0.5) is 0 Å². The average Bonchev–Trinajstić information content (AvgIpc) is 3.17. The number of guanidine groups is 1. The van der Waals surface area contributed by atoms with Gasteiger partial charge in [0.25, 0.3) is 0 Å². The third kappa shape index (κ3) is 4.21. The van der Waals surface area contributed by atoms with E-state index in [9.17, 15) is 4.21 Å². The molecule has 6 heteroatoms. The van der Waals surface area contributed by atoms with Gasteiger partial charge >= 0.3 is 0 Å². The molecule has 3 atom stereocenters. The van der Waals surface area contributed by atoms with E-state index in [1.807, 2.05) is 16.4 Å². The van der Waals surface area contributed by atoms with Gasteiger partial charge in [-0.25, -0.2) is 4.21 Å². The Balaban J connectivity index is 1.36. The minimum atomic E-state index is -1.18. The van der Waals surface area contributed by atoms with Crippen LogP contribution in [0.3, 0.4) is 0 Å². The van der Waals surface area contributed by atoms with E-state index in [-0.39, 0.29) is 0 Å². The molecule has 27 heavy (non-hydrogen) atoms. The van der Waals surface area contributed by atoms with Gasteiger partial charge in [0.05, 0.1) is 18.0 Å². The highest BCUT2D eigenvalue weighted by Crippen LogP contribution is 2.38. The molecule has 0 amide bonds. The minimum Gasteiger partial charge on any atom is -0.339 e. The van der Waals surface area contributed by atoms with Crippen molar-refractivity contribution in [3.8, 4) is 0 Å². The van der Waals surface area contributed by atoms with Crippen molar-refractivity contribution >= 4 is 16.9 Å². The van der Waals surface area contributed by atoms with Crippen LogP contribution in [0.1, 0.15) is 38.7 Å². The molecule has 1 saturated carbocycles. The van der Waals surface area contributed by atoms with Crippen molar-refractivity contribution in [3.63, 3.8) is 0 Å². The Hall–Kier alpha value is -1.40. The minimum absolute atomic E-state index is 0.492. The lowest BCUT2D eigenvalue weighted by Crippen LogP contribution is -2.52. The maximum absolute atomic E-state index is 13.2. The molecule has 0 N–H and O–H groups in total. The van der Waals surface area contributed by atoms with Gasteiger partial charge in [-0.2, -0.15) is 0 Å². The fourth-order valence-corrected chi connectivity index (χ4v) is 5.24. The van der Waals surface area contributed by atoms with Crippen molar-refractivity contribution in [1.29, 1.82) is 0 Å². The quantitative estimate of drug-likeness (QED) is 0.779. The Bertz CT molecular complexity index is 709. The fraction of sp³-hybridized carbons (Fsp3) is 0.667. The van der Waals surface area contributed by atoms with Gasteiger partial charge in [-0.3, -0.25) is 14.2 Å². The molecule has 1 aliphatic carbocycles. The van der Waals surface area contributed by atoms with E-state index < -0.39 is 11.0 Å². The second-order valence-electron chi connectivity index (χ2n) is 8.52. The highest BCUT2D eigenvalue weighted by molar-refractivity contribution is 7.83. The van der Waals surface area contributed by atoms with Crippen LogP contribution in [-0.2, 0) is 11.0 Å². The SMILES string of the molecule is CC(C)c1ccc(S(=O)N2CCN=C2N2CCN(CC3CC3C)CC2)cc1. The zero-order chi connectivity index (χ0) is 19.0. The van der Waals surface area contributed by atoms with Crippen LogP contribution in [-0.4, -0.2) is 70.1 Å². The number of rotatable bonds is 5. The first-order valence-electron chi connectivity index (χ1n) is 10.3. The Morgan fingerprint density at radius 1 is 1.11 bits per heavy atom. The zero-order valence-electron chi connectivity index (χ0n) is 16.8. The summed E-state index contributed by atoms with van der Waals surface area (Å²) in [6.07, 6.45) is 1.40. The van der Waals surface area contributed by atoms with Crippen LogP contribution in [0.25, 0.3) is 0 Å². The Labute approximate surface area is 166 Å². The number of benzene rings is 1. The molecule has 4 rings (SSSR count). The van der Waals surface area contributed by atoms with Crippen molar-refractivity contribution in [2.75, 3.05) is 45.8 Å². The molecule has 0 spiro atoms. The summed E-state index contributed by atoms with van der Waals surface area (Å²) in [5, 5.41) is 0. The molecular formula is C21H32N4OS. The monoisotopic (exact) mass is 388 g/mol. The van der Waals surface area contributed by atoms with Crippen LogP contribution >= 0.6 is 0 Å². The number of nitrogens with zero attached hydrogens (tertiary/aromatic N) is 4. The Morgan fingerprint density at radius 3 is 2.37 bits per heavy atom. The van der Waals surface area contributed by atoms with Crippen LogP contribution in [0.2, 0.25) is 0 Å². The zero-order valence-corrected chi connectivity index (χ0v) is 17.6. The van der Waals surface area contributed by atoms with Gasteiger partial charge in [0.2, 0.25) is 5.96 Å². The van der Waals surface area contributed by atoms with Gasteiger partial charge < -0.3 is 4.90 Å². The van der Waals surface area contributed by atoms with Gasteiger partial charge in [-0.1, -0.05) is 32.9 Å². The van der Waals surface area contributed by atoms with E-state index >= 15 is 0 Å². The van der Waals surface area contributed by atoms with Crippen molar-refractivity contribution in [1.82, 2.24) is 14.1 Å². The largest absolute Gasteiger partial charge is 0.339 e. The summed E-state index contributed by atoms with van der Waals surface area (Å²) in [5.74, 6) is 3.26. The van der Waals surface area contributed by atoms with E-state index in [0.717, 1.165) is 62.0 Å². The molecule has 5 nitrogen and oxygen atoms in total. The van der Waals surface area contributed by atoms with E-state index in [1.54, 1.807) is 0 Å². The summed E-state index contributed by atoms with van der Waals surface area (Å²) in [4.78, 5) is 10.5. The van der Waals surface area contributed by atoms with Crippen LogP contribution in [0.5, 0.6) is 0 Å². The summed E-state index contributed by atoms with van der Waals surface area (Å²) in [5.41, 5.74) is 1.28. The Kier molecular flexibility index (Phi) is 5.55. The maximum atomic E-state index is 13.2. The molecule has 0 radical (unpaired) electrons. The van der Waals surface area contributed by atoms with E-state index in [2.05, 4.69) is 42.7 Å². The van der Waals surface area contributed by atoms with Crippen LogP contribution < -0.4 is 0 Å².